The lowest BCUT2D eigenvalue weighted by atomic mass is 10.3. The van der Waals surface area contributed by atoms with Crippen LogP contribution in [-0.4, -0.2) is 23.6 Å². The van der Waals surface area contributed by atoms with Crippen molar-refractivity contribution in [3.8, 4) is 0 Å². The van der Waals surface area contributed by atoms with Gasteiger partial charge >= 0.3 is 0 Å². The molecule has 0 radical (unpaired) electrons. The zero-order valence-corrected chi connectivity index (χ0v) is 12.2. The third-order valence-corrected chi connectivity index (χ3v) is 2.77. The van der Waals surface area contributed by atoms with Crippen molar-refractivity contribution in [1.29, 1.82) is 0 Å². The highest BCUT2D eigenvalue weighted by Gasteiger charge is 2.04. The fourth-order valence-corrected chi connectivity index (χ4v) is 1.83. The lowest BCUT2D eigenvalue weighted by molar-refractivity contribution is 0.178. The molecule has 106 valence electrons. The van der Waals surface area contributed by atoms with Crippen molar-refractivity contribution in [2.45, 2.75) is 13.5 Å². The molecule has 0 saturated carbocycles. The number of rotatable bonds is 6. The number of hydrogen-bond donors (Lipinski definition) is 2. The van der Waals surface area contributed by atoms with Crippen LogP contribution in [0.5, 0.6) is 0 Å². The van der Waals surface area contributed by atoms with Gasteiger partial charge in [-0.25, -0.2) is 9.97 Å². The quantitative estimate of drug-likeness (QED) is 0.854. The van der Waals surface area contributed by atoms with Gasteiger partial charge in [0.1, 0.15) is 18.2 Å². The maximum atomic E-state index is 5.87. The molecule has 0 bridgehead atoms. The Labute approximate surface area is 123 Å². The van der Waals surface area contributed by atoms with E-state index in [4.69, 9.17) is 16.3 Å². The average molecular weight is 293 g/mol. The summed E-state index contributed by atoms with van der Waals surface area (Å²) >= 11 is 5.87. The minimum Gasteiger partial charge on any atom is -0.377 e. The monoisotopic (exact) mass is 292 g/mol. The molecule has 0 spiro atoms. The number of nitrogens with zero attached hydrogens (tertiary/aromatic N) is 2. The second-order valence-electron chi connectivity index (χ2n) is 4.15. The van der Waals surface area contributed by atoms with Gasteiger partial charge in [0.25, 0.3) is 0 Å². The van der Waals surface area contributed by atoms with Crippen LogP contribution in [0.4, 0.5) is 17.3 Å². The van der Waals surface area contributed by atoms with Gasteiger partial charge in [0.2, 0.25) is 0 Å². The number of anilines is 3. The minimum atomic E-state index is 0.370. The Morgan fingerprint density at radius 2 is 1.85 bits per heavy atom. The van der Waals surface area contributed by atoms with Crippen LogP contribution < -0.4 is 10.6 Å². The van der Waals surface area contributed by atoms with Crippen LogP contribution >= 0.6 is 11.6 Å². The molecule has 0 atom stereocenters. The highest BCUT2D eigenvalue weighted by Crippen LogP contribution is 2.19. The van der Waals surface area contributed by atoms with Crippen LogP contribution in [0.3, 0.4) is 0 Å². The molecule has 1 aromatic carbocycles. The molecule has 2 rings (SSSR count). The van der Waals surface area contributed by atoms with E-state index in [-0.39, 0.29) is 0 Å². The predicted octanol–water partition coefficient (Wildman–Crippen LogP) is 3.45. The van der Waals surface area contributed by atoms with E-state index in [9.17, 15) is 0 Å². The molecule has 2 aromatic rings. The van der Waals surface area contributed by atoms with Crippen molar-refractivity contribution < 1.29 is 4.74 Å². The highest BCUT2D eigenvalue weighted by atomic mass is 35.5. The second kappa shape index (κ2) is 7.07. The molecule has 1 aromatic heterocycles. The number of hydrogen-bond acceptors (Lipinski definition) is 5. The number of aromatic nitrogens is 2. The van der Waals surface area contributed by atoms with Gasteiger partial charge in [-0.15, -0.1) is 0 Å². The van der Waals surface area contributed by atoms with E-state index in [1.807, 2.05) is 37.3 Å². The molecule has 0 amide bonds. The minimum absolute atomic E-state index is 0.370. The molecule has 5 nitrogen and oxygen atoms in total. The molecule has 6 heteroatoms. The summed E-state index contributed by atoms with van der Waals surface area (Å²) in [4.78, 5) is 8.76. The number of halogens is 1. The smallest absolute Gasteiger partial charge is 0.158 e. The fraction of sp³-hybridized carbons (Fsp3) is 0.286. The average Bonchev–Trinajstić information content (AvgIpc) is 2.42. The van der Waals surface area contributed by atoms with E-state index in [0.29, 0.717) is 23.3 Å². The highest BCUT2D eigenvalue weighted by molar-refractivity contribution is 6.30. The molecule has 0 aliphatic heterocycles. The van der Waals surface area contributed by atoms with Gasteiger partial charge < -0.3 is 15.4 Å². The predicted molar refractivity (Wildman–Crippen MR) is 81.6 cm³/mol. The van der Waals surface area contributed by atoms with Gasteiger partial charge in [0.05, 0.1) is 0 Å². The molecule has 0 fully saturated rings. The standard InChI is InChI=1S/C14H17ClN4O/c1-3-16-12-8-13(19-14(18-12)9-20-2)17-11-6-4-10(15)5-7-11/h4-8H,3,9H2,1-2H3,(H2,16,17,18,19). The third kappa shape index (κ3) is 4.08. The van der Waals surface area contributed by atoms with E-state index in [2.05, 4.69) is 20.6 Å². The summed E-state index contributed by atoms with van der Waals surface area (Å²) in [5.41, 5.74) is 0.916. The van der Waals surface area contributed by atoms with Crippen molar-refractivity contribution in [2.24, 2.45) is 0 Å². The van der Waals surface area contributed by atoms with Crippen molar-refractivity contribution in [3.05, 3.63) is 41.2 Å². The first kappa shape index (κ1) is 14.6. The van der Waals surface area contributed by atoms with Crippen LogP contribution in [0.1, 0.15) is 12.7 Å². The topological polar surface area (TPSA) is 59.1 Å². The zero-order chi connectivity index (χ0) is 14.4. The lowest BCUT2D eigenvalue weighted by Crippen LogP contribution is -2.06. The SMILES string of the molecule is CCNc1cc(Nc2ccc(Cl)cc2)nc(COC)n1. The van der Waals surface area contributed by atoms with Crippen molar-refractivity contribution in [1.82, 2.24) is 9.97 Å². The molecule has 0 aliphatic carbocycles. The number of benzene rings is 1. The van der Waals surface area contributed by atoms with Crippen molar-refractivity contribution in [2.75, 3.05) is 24.3 Å². The Balaban J connectivity index is 2.22. The summed E-state index contributed by atoms with van der Waals surface area (Å²) in [5, 5.41) is 7.10. The number of methoxy groups -OCH3 is 1. The summed E-state index contributed by atoms with van der Waals surface area (Å²) in [7, 11) is 1.62. The van der Waals surface area contributed by atoms with Crippen LogP contribution in [0, 0.1) is 0 Å². The Kier molecular flexibility index (Phi) is 5.15. The molecule has 0 unspecified atom stereocenters. The van der Waals surface area contributed by atoms with E-state index in [1.165, 1.54) is 0 Å². The van der Waals surface area contributed by atoms with Gasteiger partial charge in [0.15, 0.2) is 5.82 Å². The molecule has 20 heavy (non-hydrogen) atoms. The molecule has 0 aliphatic rings. The van der Waals surface area contributed by atoms with E-state index >= 15 is 0 Å². The first-order valence-electron chi connectivity index (χ1n) is 6.34. The lowest BCUT2D eigenvalue weighted by Gasteiger charge is -2.10. The molecule has 1 heterocycles. The normalized spacial score (nSPS) is 10.3. The van der Waals surface area contributed by atoms with E-state index in [0.717, 1.165) is 18.1 Å². The first-order chi connectivity index (χ1) is 9.71. The van der Waals surface area contributed by atoms with Gasteiger partial charge in [-0.3, -0.25) is 0 Å². The van der Waals surface area contributed by atoms with Crippen molar-refractivity contribution in [3.63, 3.8) is 0 Å². The van der Waals surface area contributed by atoms with Gasteiger partial charge in [-0.2, -0.15) is 0 Å². The first-order valence-corrected chi connectivity index (χ1v) is 6.72. The Morgan fingerprint density at radius 3 is 2.50 bits per heavy atom. The zero-order valence-electron chi connectivity index (χ0n) is 11.5. The Hall–Kier alpha value is -1.85. The second-order valence-corrected chi connectivity index (χ2v) is 4.59. The summed E-state index contributed by atoms with van der Waals surface area (Å²) in [6.45, 7) is 3.18. The fourth-order valence-electron chi connectivity index (χ4n) is 1.71. The van der Waals surface area contributed by atoms with E-state index in [1.54, 1.807) is 7.11 Å². The maximum Gasteiger partial charge on any atom is 0.158 e. The van der Waals surface area contributed by atoms with Crippen LogP contribution in [-0.2, 0) is 11.3 Å². The van der Waals surface area contributed by atoms with E-state index < -0.39 is 0 Å². The molecule has 2 N–H and O–H groups in total. The molecular formula is C14H17ClN4O. The van der Waals surface area contributed by atoms with Gasteiger partial charge in [-0.1, -0.05) is 11.6 Å². The Morgan fingerprint density at radius 1 is 1.15 bits per heavy atom. The molecule has 0 saturated heterocycles. The van der Waals surface area contributed by atoms with Gasteiger partial charge in [0, 0.05) is 30.4 Å². The summed E-state index contributed by atoms with van der Waals surface area (Å²) < 4.78 is 5.08. The van der Waals surface area contributed by atoms with Crippen molar-refractivity contribution >= 4 is 28.9 Å². The summed E-state index contributed by atoms with van der Waals surface area (Å²) in [6.07, 6.45) is 0. The van der Waals surface area contributed by atoms with Crippen LogP contribution in [0.15, 0.2) is 30.3 Å². The number of nitrogens with one attached hydrogen (secondary N) is 2. The summed E-state index contributed by atoms with van der Waals surface area (Å²) in [5.74, 6) is 2.11. The third-order valence-electron chi connectivity index (χ3n) is 2.52. The van der Waals surface area contributed by atoms with Gasteiger partial charge in [-0.05, 0) is 31.2 Å². The molecular weight excluding hydrogens is 276 g/mol. The number of ether oxygens (including phenoxy) is 1. The van der Waals surface area contributed by atoms with Crippen LogP contribution in [0.25, 0.3) is 0 Å². The Bertz CT molecular complexity index is 535. The summed E-state index contributed by atoms with van der Waals surface area (Å²) in [6, 6.07) is 9.30. The maximum absolute atomic E-state index is 5.87. The largest absolute Gasteiger partial charge is 0.377 e. The van der Waals surface area contributed by atoms with Crippen LogP contribution in [0.2, 0.25) is 5.02 Å².